The number of hydrogen-bond acceptors (Lipinski definition) is 3. The van der Waals surface area contributed by atoms with Crippen molar-refractivity contribution in [3.63, 3.8) is 0 Å². The highest BCUT2D eigenvalue weighted by Crippen LogP contribution is 2.25. The maximum Gasteiger partial charge on any atom is 0.275 e. The summed E-state index contributed by atoms with van der Waals surface area (Å²) in [5.41, 5.74) is 4.52. The average molecular weight is 327 g/mol. The number of aromatic amines is 1. The van der Waals surface area contributed by atoms with Crippen molar-refractivity contribution >= 4 is 11.5 Å². The van der Waals surface area contributed by atoms with Gasteiger partial charge in [0.1, 0.15) is 5.82 Å². The summed E-state index contributed by atoms with van der Waals surface area (Å²) in [5, 5.41) is 7.16. The van der Waals surface area contributed by atoms with E-state index in [0.29, 0.717) is 32.0 Å². The molecule has 1 aromatic heterocycles. The van der Waals surface area contributed by atoms with Gasteiger partial charge in [0.2, 0.25) is 0 Å². The van der Waals surface area contributed by atoms with Gasteiger partial charge in [0.15, 0.2) is 5.69 Å². The highest BCUT2D eigenvalue weighted by atomic mass is 19.1. The Morgan fingerprint density at radius 3 is 2.83 bits per heavy atom. The summed E-state index contributed by atoms with van der Waals surface area (Å²) in [5.74, 6) is -0.301. The van der Waals surface area contributed by atoms with Crippen LogP contribution in [0.2, 0.25) is 0 Å². The van der Waals surface area contributed by atoms with Gasteiger partial charge in [-0.15, -0.1) is 0 Å². The number of carbonyl (C=O) groups excluding carboxylic acids is 1. The van der Waals surface area contributed by atoms with Gasteiger partial charge in [0.25, 0.3) is 5.91 Å². The molecule has 1 N–H and O–H groups in total. The van der Waals surface area contributed by atoms with Crippen LogP contribution in [-0.4, -0.2) is 40.7 Å². The molecule has 1 aromatic carbocycles. The molecule has 124 valence electrons. The van der Waals surface area contributed by atoms with Crippen molar-refractivity contribution in [2.75, 3.05) is 19.7 Å². The molecule has 0 atom stereocenters. The van der Waals surface area contributed by atoms with E-state index in [0.717, 1.165) is 35.2 Å². The standard InChI is InChI=1S/C18H18FN3O2/c19-14-3-1-12(2-4-14)13-5-8-22(9-6-13)18(23)17-15-11-24-10-7-16(15)20-21-17/h1-5H,6-11H2,(H,20,21). The summed E-state index contributed by atoms with van der Waals surface area (Å²) >= 11 is 0. The highest BCUT2D eigenvalue weighted by molar-refractivity contribution is 5.94. The molecule has 2 aliphatic rings. The van der Waals surface area contributed by atoms with Crippen LogP contribution >= 0.6 is 0 Å². The predicted octanol–water partition coefficient (Wildman–Crippen LogP) is 2.55. The number of amides is 1. The molecule has 6 heteroatoms. The molecule has 0 unspecified atom stereocenters. The molecule has 0 saturated carbocycles. The first-order valence-corrected chi connectivity index (χ1v) is 8.10. The molecule has 2 aliphatic heterocycles. The molecular formula is C18H18FN3O2. The summed E-state index contributed by atoms with van der Waals surface area (Å²) in [6, 6.07) is 6.48. The molecule has 24 heavy (non-hydrogen) atoms. The van der Waals surface area contributed by atoms with Crippen LogP contribution in [0, 0.1) is 5.82 Å². The number of ether oxygens (including phenoxy) is 1. The Hall–Kier alpha value is -2.47. The lowest BCUT2D eigenvalue weighted by molar-refractivity contribution is 0.0753. The largest absolute Gasteiger partial charge is 0.376 e. The monoisotopic (exact) mass is 327 g/mol. The van der Waals surface area contributed by atoms with Crippen molar-refractivity contribution in [2.24, 2.45) is 0 Å². The number of hydrogen-bond donors (Lipinski definition) is 1. The molecule has 1 amide bonds. The zero-order chi connectivity index (χ0) is 16.5. The summed E-state index contributed by atoms with van der Waals surface area (Å²) in [6.45, 7) is 2.27. The highest BCUT2D eigenvalue weighted by Gasteiger charge is 2.27. The van der Waals surface area contributed by atoms with Crippen LogP contribution in [-0.2, 0) is 17.8 Å². The Morgan fingerprint density at radius 1 is 1.25 bits per heavy atom. The summed E-state index contributed by atoms with van der Waals surface area (Å²) < 4.78 is 18.5. The minimum atomic E-state index is -0.238. The summed E-state index contributed by atoms with van der Waals surface area (Å²) in [7, 11) is 0. The number of nitrogens with zero attached hydrogens (tertiary/aromatic N) is 2. The molecule has 0 aliphatic carbocycles. The van der Waals surface area contributed by atoms with Gasteiger partial charge in [0.05, 0.1) is 13.2 Å². The molecule has 4 rings (SSSR count). The van der Waals surface area contributed by atoms with Crippen LogP contribution < -0.4 is 0 Å². The van der Waals surface area contributed by atoms with Crippen molar-refractivity contribution in [1.29, 1.82) is 0 Å². The predicted molar refractivity (Wildman–Crippen MR) is 86.8 cm³/mol. The van der Waals surface area contributed by atoms with Gasteiger partial charge in [-0.1, -0.05) is 18.2 Å². The Morgan fingerprint density at radius 2 is 2.08 bits per heavy atom. The number of aromatic nitrogens is 2. The maximum atomic E-state index is 13.0. The molecular weight excluding hydrogens is 309 g/mol. The lowest BCUT2D eigenvalue weighted by Gasteiger charge is -2.26. The number of fused-ring (bicyclic) bond motifs is 1. The summed E-state index contributed by atoms with van der Waals surface area (Å²) in [4.78, 5) is 14.5. The Kier molecular flexibility index (Phi) is 3.90. The van der Waals surface area contributed by atoms with Crippen molar-refractivity contribution in [3.8, 4) is 0 Å². The fourth-order valence-electron chi connectivity index (χ4n) is 3.22. The first kappa shape index (κ1) is 15.1. The van der Waals surface area contributed by atoms with Crippen molar-refractivity contribution < 1.29 is 13.9 Å². The van der Waals surface area contributed by atoms with Crippen LogP contribution in [0.3, 0.4) is 0 Å². The second-order valence-corrected chi connectivity index (χ2v) is 6.07. The van der Waals surface area contributed by atoms with Crippen molar-refractivity contribution in [1.82, 2.24) is 15.1 Å². The number of H-pyrrole nitrogens is 1. The van der Waals surface area contributed by atoms with Gasteiger partial charge in [-0.25, -0.2) is 4.39 Å². The van der Waals surface area contributed by atoms with E-state index in [1.54, 1.807) is 17.0 Å². The molecule has 5 nitrogen and oxygen atoms in total. The van der Waals surface area contributed by atoms with E-state index in [1.165, 1.54) is 12.1 Å². The van der Waals surface area contributed by atoms with Crippen molar-refractivity contribution in [3.05, 3.63) is 58.7 Å². The first-order valence-electron chi connectivity index (χ1n) is 8.10. The molecule has 3 heterocycles. The van der Waals surface area contributed by atoms with E-state index in [1.807, 2.05) is 6.08 Å². The van der Waals surface area contributed by atoms with Crippen LogP contribution in [0.25, 0.3) is 5.57 Å². The summed E-state index contributed by atoms with van der Waals surface area (Å²) in [6.07, 6.45) is 3.55. The number of benzene rings is 1. The van der Waals surface area contributed by atoms with Gasteiger partial charge in [-0.05, 0) is 29.7 Å². The minimum absolute atomic E-state index is 0.0626. The fourth-order valence-corrected chi connectivity index (χ4v) is 3.22. The van der Waals surface area contributed by atoms with Crippen molar-refractivity contribution in [2.45, 2.75) is 19.4 Å². The van der Waals surface area contributed by atoms with E-state index in [4.69, 9.17) is 4.74 Å². The van der Waals surface area contributed by atoms with Crippen LogP contribution in [0.5, 0.6) is 0 Å². The van der Waals surface area contributed by atoms with E-state index < -0.39 is 0 Å². The number of halogens is 1. The van der Waals surface area contributed by atoms with Crippen LogP contribution in [0.4, 0.5) is 4.39 Å². The Labute approximate surface area is 139 Å². The lowest BCUT2D eigenvalue weighted by Crippen LogP contribution is -2.35. The third-order valence-corrected chi connectivity index (χ3v) is 4.61. The van der Waals surface area contributed by atoms with E-state index >= 15 is 0 Å². The van der Waals surface area contributed by atoms with Gasteiger partial charge in [-0.3, -0.25) is 9.89 Å². The normalized spacial score (nSPS) is 17.4. The van der Waals surface area contributed by atoms with Crippen LogP contribution in [0.15, 0.2) is 30.3 Å². The van der Waals surface area contributed by atoms with Gasteiger partial charge in [-0.2, -0.15) is 5.10 Å². The van der Waals surface area contributed by atoms with E-state index in [9.17, 15) is 9.18 Å². The molecule has 0 radical (unpaired) electrons. The smallest absolute Gasteiger partial charge is 0.275 e. The minimum Gasteiger partial charge on any atom is -0.376 e. The van der Waals surface area contributed by atoms with Gasteiger partial charge >= 0.3 is 0 Å². The quantitative estimate of drug-likeness (QED) is 0.922. The SMILES string of the molecule is O=C(c1n[nH]c2c1COCC2)N1CC=C(c2ccc(F)cc2)CC1. The average Bonchev–Trinajstić information content (AvgIpc) is 3.06. The Balaban J connectivity index is 1.50. The Bertz CT molecular complexity index is 795. The third kappa shape index (κ3) is 2.73. The van der Waals surface area contributed by atoms with Gasteiger partial charge < -0.3 is 9.64 Å². The fraction of sp³-hybridized carbons (Fsp3) is 0.333. The second-order valence-electron chi connectivity index (χ2n) is 6.07. The number of nitrogens with one attached hydrogen (secondary N) is 1. The van der Waals surface area contributed by atoms with Gasteiger partial charge in [0, 0.05) is 30.8 Å². The van der Waals surface area contributed by atoms with E-state index in [-0.39, 0.29) is 11.7 Å². The topological polar surface area (TPSA) is 58.2 Å². The number of carbonyl (C=O) groups is 1. The zero-order valence-electron chi connectivity index (χ0n) is 13.2. The molecule has 0 bridgehead atoms. The van der Waals surface area contributed by atoms with Crippen LogP contribution in [0.1, 0.15) is 33.7 Å². The van der Waals surface area contributed by atoms with E-state index in [2.05, 4.69) is 10.2 Å². The second kappa shape index (κ2) is 6.20. The molecule has 0 fully saturated rings. The maximum absolute atomic E-state index is 13.0. The molecule has 0 spiro atoms. The molecule has 0 saturated heterocycles. The molecule has 2 aromatic rings. The lowest BCUT2D eigenvalue weighted by atomic mass is 9.99. The first-order chi connectivity index (χ1) is 11.7. The third-order valence-electron chi connectivity index (χ3n) is 4.61. The zero-order valence-corrected chi connectivity index (χ0v) is 13.2. The number of rotatable bonds is 2.